The summed E-state index contributed by atoms with van der Waals surface area (Å²) in [6.07, 6.45) is 0.941. The number of methoxy groups -OCH3 is 1. The van der Waals surface area contributed by atoms with Crippen molar-refractivity contribution in [2.24, 2.45) is 10.7 Å². The number of aromatic amines is 1. The van der Waals surface area contributed by atoms with E-state index in [-0.39, 0.29) is 17.8 Å². The molecule has 3 heterocycles. The van der Waals surface area contributed by atoms with Gasteiger partial charge in [-0.15, -0.1) is 0 Å². The van der Waals surface area contributed by atoms with Crippen LogP contribution >= 0.6 is 0 Å². The van der Waals surface area contributed by atoms with E-state index in [2.05, 4.69) is 15.3 Å². The molecule has 4 N–H and O–H groups in total. The van der Waals surface area contributed by atoms with E-state index in [1.165, 1.54) is 0 Å². The minimum Gasteiger partial charge on any atom is -0.497 e. The molecule has 2 amide bonds. The molecule has 1 fully saturated rings. The molecule has 0 bridgehead atoms. The summed E-state index contributed by atoms with van der Waals surface area (Å²) in [5, 5.41) is 3.52. The van der Waals surface area contributed by atoms with Gasteiger partial charge in [0.2, 0.25) is 0 Å². The van der Waals surface area contributed by atoms with E-state index < -0.39 is 5.54 Å². The number of hydrogen-bond donors (Lipinski definition) is 3. The lowest BCUT2D eigenvalue weighted by molar-refractivity contribution is -0.125. The normalized spacial score (nSPS) is 18.9. The molecule has 26 heavy (non-hydrogen) atoms. The Morgan fingerprint density at radius 1 is 1.35 bits per heavy atom. The monoisotopic (exact) mass is 355 g/mol. The number of aryl methyl sites for hydroxylation is 1. The number of carbonyl (C=O) groups excluding carboxylic acids is 2. The topological polar surface area (TPSA) is 113 Å². The third-order valence-electron chi connectivity index (χ3n) is 5.36. The third-order valence-corrected chi connectivity index (χ3v) is 5.36. The second kappa shape index (κ2) is 5.76. The molecule has 8 nitrogen and oxygen atoms in total. The molecule has 1 saturated heterocycles. The van der Waals surface area contributed by atoms with Gasteiger partial charge in [-0.3, -0.25) is 14.9 Å². The zero-order chi connectivity index (χ0) is 18.5. The molecule has 0 radical (unpaired) electrons. The zero-order valence-corrected chi connectivity index (χ0v) is 14.8. The fraction of sp³-hybridized carbons (Fsp3) is 0.389. The molecule has 0 unspecified atom stereocenters. The van der Waals surface area contributed by atoms with Crippen LogP contribution < -0.4 is 15.8 Å². The molecular weight excluding hydrogens is 334 g/mol. The Balaban J connectivity index is 1.57. The van der Waals surface area contributed by atoms with Gasteiger partial charge in [-0.2, -0.15) is 0 Å². The van der Waals surface area contributed by atoms with E-state index in [0.29, 0.717) is 31.6 Å². The number of aliphatic imine (C=N–C) groups is 1. The molecule has 1 spiro atoms. The number of carbonyl (C=O) groups is 2. The van der Waals surface area contributed by atoms with Crippen LogP contribution in [0.25, 0.3) is 10.9 Å². The van der Waals surface area contributed by atoms with Crippen molar-refractivity contribution in [3.8, 4) is 5.75 Å². The highest BCUT2D eigenvalue weighted by Gasteiger charge is 2.46. The Morgan fingerprint density at radius 3 is 2.69 bits per heavy atom. The van der Waals surface area contributed by atoms with Crippen LogP contribution in [0.5, 0.6) is 5.75 Å². The lowest BCUT2D eigenvalue weighted by atomic mass is 9.88. The van der Waals surface area contributed by atoms with Crippen LogP contribution in [0.3, 0.4) is 0 Å². The van der Waals surface area contributed by atoms with Gasteiger partial charge in [0.25, 0.3) is 11.8 Å². The van der Waals surface area contributed by atoms with E-state index >= 15 is 0 Å². The number of likely N-dealkylation sites (tertiary alicyclic amines) is 1. The van der Waals surface area contributed by atoms with E-state index in [4.69, 9.17) is 10.5 Å². The summed E-state index contributed by atoms with van der Waals surface area (Å²) in [6, 6.07) is 5.69. The van der Waals surface area contributed by atoms with Crippen LogP contribution in [0.1, 0.15) is 28.9 Å². The van der Waals surface area contributed by atoms with E-state index in [9.17, 15) is 9.59 Å². The predicted molar refractivity (Wildman–Crippen MR) is 97.2 cm³/mol. The summed E-state index contributed by atoms with van der Waals surface area (Å²) in [5.74, 6) is 0.676. The molecule has 0 saturated carbocycles. The molecule has 4 rings (SSSR count). The van der Waals surface area contributed by atoms with Crippen molar-refractivity contribution in [2.45, 2.75) is 25.3 Å². The smallest absolute Gasteiger partial charge is 0.270 e. The molecule has 1 aromatic carbocycles. The Kier molecular flexibility index (Phi) is 3.64. The summed E-state index contributed by atoms with van der Waals surface area (Å²) < 4.78 is 5.27. The number of benzene rings is 1. The number of H-pyrrole nitrogens is 1. The van der Waals surface area contributed by atoms with Gasteiger partial charge in [0.15, 0.2) is 5.96 Å². The summed E-state index contributed by atoms with van der Waals surface area (Å²) in [7, 11) is 1.62. The maximum Gasteiger partial charge on any atom is 0.270 e. The standard InChI is InChI=1S/C18H21N5O3/c1-10-12-9-11(26-2)3-4-13(12)20-14(10)15(24)23-7-5-18(6-8-23)16(25)21-17(19)22-18/h3-4,9,20H,5-8H2,1-2H3,(H3,19,21,22,25). The van der Waals surface area contributed by atoms with Gasteiger partial charge in [0.05, 0.1) is 7.11 Å². The second-order valence-corrected chi connectivity index (χ2v) is 6.81. The second-order valence-electron chi connectivity index (χ2n) is 6.81. The van der Waals surface area contributed by atoms with Crippen molar-refractivity contribution in [3.05, 3.63) is 29.5 Å². The number of aromatic nitrogens is 1. The van der Waals surface area contributed by atoms with Crippen LogP contribution in [0.4, 0.5) is 0 Å². The first-order valence-corrected chi connectivity index (χ1v) is 8.56. The quantitative estimate of drug-likeness (QED) is 0.743. The van der Waals surface area contributed by atoms with Crippen LogP contribution in [-0.4, -0.2) is 53.4 Å². The SMILES string of the molecule is COc1ccc2[nH]c(C(=O)N3CCC4(CC3)N=C(N)NC4=O)c(C)c2c1. The van der Waals surface area contributed by atoms with Crippen molar-refractivity contribution < 1.29 is 14.3 Å². The highest BCUT2D eigenvalue weighted by atomic mass is 16.5. The third kappa shape index (κ3) is 2.40. The number of piperidine rings is 1. The Labute approximate surface area is 150 Å². The van der Waals surface area contributed by atoms with Gasteiger partial charge >= 0.3 is 0 Å². The number of ether oxygens (including phenoxy) is 1. The van der Waals surface area contributed by atoms with Gasteiger partial charge in [-0.25, -0.2) is 4.99 Å². The lowest BCUT2D eigenvalue weighted by Crippen LogP contribution is -2.50. The summed E-state index contributed by atoms with van der Waals surface area (Å²) in [4.78, 5) is 34.4. The first-order chi connectivity index (χ1) is 12.4. The van der Waals surface area contributed by atoms with Crippen LogP contribution in [-0.2, 0) is 4.79 Å². The van der Waals surface area contributed by atoms with Crippen LogP contribution in [0.15, 0.2) is 23.2 Å². The highest BCUT2D eigenvalue weighted by Crippen LogP contribution is 2.31. The van der Waals surface area contributed by atoms with Crippen molar-refractivity contribution in [3.63, 3.8) is 0 Å². The number of fused-ring (bicyclic) bond motifs is 1. The average molecular weight is 355 g/mol. The highest BCUT2D eigenvalue weighted by molar-refractivity contribution is 6.07. The first-order valence-electron chi connectivity index (χ1n) is 8.56. The van der Waals surface area contributed by atoms with E-state index in [1.807, 2.05) is 25.1 Å². The van der Waals surface area contributed by atoms with E-state index in [0.717, 1.165) is 22.2 Å². The maximum atomic E-state index is 13.0. The molecule has 1 aromatic heterocycles. The fourth-order valence-corrected chi connectivity index (χ4v) is 3.77. The minimum atomic E-state index is -0.816. The summed E-state index contributed by atoms with van der Waals surface area (Å²) >= 11 is 0. The van der Waals surface area contributed by atoms with Gasteiger partial charge < -0.3 is 20.4 Å². The Hall–Kier alpha value is -3.03. The molecule has 2 aliphatic heterocycles. The average Bonchev–Trinajstić information content (AvgIpc) is 3.11. The summed E-state index contributed by atoms with van der Waals surface area (Å²) in [6.45, 7) is 2.84. The van der Waals surface area contributed by atoms with Crippen LogP contribution in [0.2, 0.25) is 0 Å². The van der Waals surface area contributed by atoms with Crippen molar-refractivity contribution in [1.82, 2.24) is 15.2 Å². The number of guanidine groups is 1. The zero-order valence-electron chi connectivity index (χ0n) is 14.8. The fourth-order valence-electron chi connectivity index (χ4n) is 3.77. The molecule has 8 heteroatoms. The van der Waals surface area contributed by atoms with E-state index in [1.54, 1.807) is 12.0 Å². The van der Waals surface area contributed by atoms with Gasteiger partial charge in [0, 0.05) is 24.0 Å². The maximum absolute atomic E-state index is 13.0. The molecule has 0 atom stereocenters. The Bertz CT molecular complexity index is 938. The van der Waals surface area contributed by atoms with Crippen LogP contribution in [0, 0.1) is 6.92 Å². The number of nitrogens with zero attached hydrogens (tertiary/aromatic N) is 2. The van der Waals surface area contributed by atoms with Crippen molar-refractivity contribution in [1.29, 1.82) is 0 Å². The first kappa shape index (κ1) is 16.4. The predicted octanol–water partition coefficient (Wildman–Crippen LogP) is 0.904. The van der Waals surface area contributed by atoms with Gasteiger partial charge in [-0.05, 0) is 43.5 Å². The number of rotatable bonds is 2. The number of hydrogen-bond acceptors (Lipinski definition) is 5. The molecule has 0 aliphatic carbocycles. The number of nitrogens with one attached hydrogen (secondary N) is 2. The van der Waals surface area contributed by atoms with Crippen molar-refractivity contribution >= 4 is 28.7 Å². The minimum absolute atomic E-state index is 0.0668. The Morgan fingerprint density at radius 2 is 2.08 bits per heavy atom. The molecule has 2 aromatic rings. The molecule has 2 aliphatic rings. The molecular formula is C18H21N5O3. The lowest BCUT2D eigenvalue weighted by Gasteiger charge is -2.35. The van der Waals surface area contributed by atoms with Gasteiger partial charge in [0.1, 0.15) is 17.0 Å². The van der Waals surface area contributed by atoms with Gasteiger partial charge in [-0.1, -0.05) is 0 Å². The molecule has 136 valence electrons. The van der Waals surface area contributed by atoms with Crippen molar-refractivity contribution in [2.75, 3.05) is 20.2 Å². The number of nitrogens with two attached hydrogens (primary N) is 1. The largest absolute Gasteiger partial charge is 0.497 e. The summed E-state index contributed by atoms with van der Waals surface area (Å²) in [5.41, 5.74) is 7.17. The number of amides is 2.